The molecule has 1 fully saturated rings. The summed E-state index contributed by atoms with van der Waals surface area (Å²) >= 11 is 6.02. The Morgan fingerprint density at radius 1 is 1.18 bits per heavy atom. The van der Waals surface area contributed by atoms with Gasteiger partial charge in [0.15, 0.2) is 0 Å². The molecule has 2 heterocycles. The van der Waals surface area contributed by atoms with E-state index in [2.05, 4.69) is 9.55 Å². The summed E-state index contributed by atoms with van der Waals surface area (Å²) in [5.41, 5.74) is -1.73. The Kier molecular flexibility index (Phi) is 6.64. The lowest BCUT2D eigenvalue weighted by Gasteiger charge is -2.27. The molecule has 12 heteroatoms. The highest BCUT2D eigenvalue weighted by molar-refractivity contribution is 6.32. The topological polar surface area (TPSA) is 88.1 Å². The summed E-state index contributed by atoms with van der Waals surface area (Å²) in [6.45, 7) is 0.939. The van der Waals surface area contributed by atoms with Crippen LogP contribution in [-0.4, -0.2) is 31.3 Å². The summed E-state index contributed by atoms with van der Waals surface area (Å²) in [5.74, 6) is -0.967. The van der Waals surface area contributed by atoms with Gasteiger partial charge in [-0.25, -0.2) is 14.6 Å². The molecule has 8 nitrogen and oxygen atoms in total. The minimum Gasteiger partial charge on any atom is -0.462 e. The van der Waals surface area contributed by atoms with Crippen LogP contribution in [0, 0.1) is 0 Å². The third-order valence-corrected chi connectivity index (χ3v) is 7.13. The summed E-state index contributed by atoms with van der Waals surface area (Å²) < 4.78 is 49.0. The molecule has 0 atom stereocenters. The predicted octanol–water partition coefficient (Wildman–Crippen LogP) is 4.97. The van der Waals surface area contributed by atoms with Crippen molar-refractivity contribution < 1.29 is 22.7 Å². The maximum atomic E-state index is 13.5. The average Bonchev–Trinajstić information content (AvgIpc) is 3.24. The van der Waals surface area contributed by atoms with Crippen molar-refractivity contribution in [3.8, 4) is 5.69 Å². The normalized spacial score (nSPS) is 14.0. The molecule has 0 radical (unpaired) electrons. The molecule has 0 amide bonds. The fourth-order valence-corrected chi connectivity index (χ4v) is 4.79. The van der Waals surface area contributed by atoms with Crippen molar-refractivity contribution in [3.63, 3.8) is 0 Å². The van der Waals surface area contributed by atoms with Crippen LogP contribution in [0.1, 0.15) is 53.7 Å². The van der Waals surface area contributed by atoms with Gasteiger partial charge >= 0.3 is 17.8 Å². The molecule has 0 N–H and O–H groups in total. The monoisotopic (exact) mass is 546 g/mol. The Bertz CT molecular complexity index is 1670. The van der Waals surface area contributed by atoms with Crippen LogP contribution in [0.2, 0.25) is 5.02 Å². The first-order valence-electron chi connectivity index (χ1n) is 11.9. The molecule has 2 aromatic carbocycles. The smallest absolute Gasteiger partial charge is 0.417 e. The molecule has 1 aliphatic carbocycles. The number of carbonyl (C=O) groups excluding carboxylic acids is 1. The number of fused-ring (bicyclic) bond motifs is 1. The number of carbonyl (C=O) groups is 1. The van der Waals surface area contributed by atoms with Crippen LogP contribution in [0.5, 0.6) is 0 Å². The van der Waals surface area contributed by atoms with Crippen molar-refractivity contribution in [3.05, 3.63) is 91.5 Å². The van der Waals surface area contributed by atoms with Gasteiger partial charge in [-0.05, 0) is 56.0 Å². The second-order valence-corrected chi connectivity index (χ2v) is 9.37. The van der Waals surface area contributed by atoms with E-state index < -0.39 is 46.1 Å². The number of aromatic nitrogens is 4. The zero-order valence-electron chi connectivity index (χ0n) is 20.2. The van der Waals surface area contributed by atoms with Crippen LogP contribution < -0.4 is 11.2 Å². The van der Waals surface area contributed by atoms with Crippen molar-refractivity contribution >= 4 is 28.6 Å². The number of hydrogen-bond acceptors (Lipinski definition) is 5. The maximum Gasteiger partial charge on any atom is 0.417 e. The summed E-state index contributed by atoms with van der Waals surface area (Å²) in [5, 5.41) is -0.637. The van der Waals surface area contributed by atoms with Gasteiger partial charge in [0, 0.05) is 12.2 Å². The largest absolute Gasteiger partial charge is 0.462 e. The van der Waals surface area contributed by atoms with Gasteiger partial charge in [-0.1, -0.05) is 23.7 Å². The Balaban J connectivity index is 1.66. The van der Waals surface area contributed by atoms with Crippen LogP contribution in [0.4, 0.5) is 13.2 Å². The molecule has 0 saturated heterocycles. The first-order chi connectivity index (χ1) is 18.1. The quantitative estimate of drug-likeness (QED) is 0.319. The SMILES string of the molecule is CCOC(=O)c1cn(-c2ccc3c(c2)ncn3C2CCC2)c(=O)n(Cc2cccc(C(F)(F)F)c2Cl)c1=O. The number of esters is 1. The fourth-order valence-electron chi connectivity index (χ4n) is 4.49. The third-order valence-electron chi connectivity index (χ3n) is 6.68. The van der Waals surface area contributed by atoms with E-state index in [9.17, 15) is 27.6 Å². The van der Waals surface area contributed by atoms with E-state index in [0.29, 0.717) is 21.8 Å². The summed E-state index contributed by atoms with van der Waals surface area (Å²) in [4.78, 5) is 43.7. The molecule has 1 saturated carbocycles. The molecule has 0 unspecified atom stereocenters. The molecule has 38 heavy (non-hydrogen) atoms. The highest BCUT2D eigenvalue weighted by atomic mass is 35.5. The van der Waals surface area contributed by atoms with Gasteiger partial charge < -0.3 is 9.30 Å². The summed E-state index contributed by atoms with van der Waals surface area (Å²) in [6, 6.07) is 8.68. The van der Waals surface area contributed by atoms with E-state index in [-0.39, 0.29) is 12.2 Å². The molecule has 5 rings (SSSR count). The molecule has 2 aromatic heterocycles. The van der Waals surface area contributed by atoms with Crippen LogP contribution in [0.3, 0.4) is 0 Å². The molecular weight excluding hydrogens is 525 g/mol. The number of benzene rings is 2. The maximum absolute atomic E-state index is 13.5. The molecule has 0 spiro atoms. The second-order valence-electron chi connectivity index (χ2n) is 8.99. The van der Waals surface area contributed by atoms with Crippen molar-refractivity contribution in [1.29, 1.82) is 0 Å². The second kappa shape index (κ2) is 9.79. The Morgan fingerprint density at radius 3 is 2.61 bits per heavy atom. The van der Waals surface area contributed by atoms with Crippen LogP contribution in [0.15, 0.2) is 58.5 Å². The van der Waals surface area contributed by atoms with Gasteiger partial charge in [-0.2, -0.15) is 13.2 Å². The fraction of sp³-hybridized carbons (Fsp3) is 0.308. The van der Waals surface area contributed by atoms with Gasteiger partial charge in [0.05, 0.1) is 46.8 Å². The molecule has 4 aromatic rings. The van der Waals surface area contributed by atoms with Crippen molar-refractivity contribution in [2.75, 3.05) is 6.61 Å². The van der Waals surface area contributed by atoms with Crippen LogP contribution in [-0.2, 0) is 17.5 Å². The van der Waals surface area contributed by atoms with Crippen molar-refractivity contribution in [1.82, 2.24) is 18.7 Å². The number of nitrogens with zero attached hydrogens (tertiary/aromatic N) is 4. The Labute approximate surface area is 218 Å². The van der Waals surface area contributed by atoms with Gasteiger partial charge in [0.1, 0.15) is 5.56 Å². The first-order valence-corrected chi connectivity index (χ1v) is 12.3. The van der Waals surface area contributed by atoms with E-state index in [1.807, 2.05) is 0 Å². The first kappa shape index (κ1) is 25.8. The van der Waals surface area contributed by atoms with Gasteiger partial charge in [0.25, 0.3) is 5.56 Å². The molecule has 0 aliphatic heterocycles. The van der Waals surface area contributed by atoms with E-state index in [0.717, 1.165) is 47.7 Å². The van der Waals surface area contributed by atoms with Gasteiger partial charge in [-0.3, -0.25) is 13.9 Å². The summed E-state index contributed by atoms with van der Waals surface area (Å²) in [7, 11) is 0. The zero-order valence-corrected chi connectivity index (χ0v) is 20.9. The number of halogens is 4. The lowest BCUT2D eigenvalue weighted by atomic mass is 9.93. The average molecular weight is 547 g/mol. The number of imidazole rings is 1. The van der Waals surface area contributed by atoms with E-state index in [1.165, 1.54) is 6.07 Å². The third kappa shape index (κ3) is 4.51. The Hall–Kier alpha value is -3.86. The standard InChI is InChI=1S/C26H22ClF3N4O4/c1-2-38-24(36)18-13-32(17-9-10-21-20(11-17)31-14-34(21)16-6-4-7-16)25(37)33(23(18)35)12-15-5-3-8-19(22(15)27)26(28,29)30/h3,5,8-11,13-14,16H,2,4,6-7,12H2,1H3. The zero-order chi connectivity index (χ0) is 27.2. The number of alkyl halides is 3. The van der Waals surface area contributed by atoms with Crippen LogP contribution in [0.25, 0.3) is 16.7 Å². The lowest BCUT2D eigenvalue weighted by molar-refractivity contribution is -0.137. The van der Waals surface area contributed by atoms with Crippen LogP contribution >= 0.6 is 11.6 Å². The molecule has 1 aliphatic rings. The van der Waals surface area contributed by atoms with E-state index in [1.54, 1.807) is 31.5 Å². The lowest BCUT2D eigenvalue weighted by Crippen LogP contribution is -2.42. The molecule has 0 bridgehead atoms. The number of rotatable bonds is 6. The minimum atomic E-state index is -4.73. The minimum absolute atomic E-state index is 0.0264. The van der Waals surface area contributed by atoms with Crippen molar-refractivity contribution in [2.45, 2.75) is 44.9 Å². The highest BCUT2D eigenvalue weighted by Crippen LogP contribution is 2.36. The van der Waals surface area contributed by atoms with Crippen molar-refractivity contribution in [2.24, 2.45) is 0 Å². The molecule has 198 valence electrons. The van der Waals surface area contributed by atoms with Gasteiger partial charge in [-0.15, -0.1) is 0 Å². The van der Waals surface area contributed by atoms with Gasteiger partial charge in [0.2, 0.25) is 0 Å². The highest BCUT2D eigenvalue weighted by Gasteiger charge is 2.34. The Morgan fingerprint density at radius 2 is 1.95 bits per heavy atom. The summed E-state index contributed by atoms with van der Waals surface area (Å²) in [6.07, 6.45) is 1.34. The molecular formula is C26H22ClF3N4O4. The predicted molar refractivity (Wildman–Crippen MR) is 134 cm³/mol. The number of hydrogen-bond donors (Lipinski definition) is 0. The number of ether oxygens (including phenoxy) is 1. The van der Waals surface area contributed by atoms with E-state index >= 15 is 0 Å². The van der Waals surface area contributed by atoms with E-state index in [4.69, 9.17) is 16.3 Å².